The summed E-state index contributed by atoms with van der Waals surface area (Å²) < 4.78 is 17.0. The van der Waals surface area contributed by atoms with Crippen LogP contribution in [0.3, 0.4) is 0 Å². The normalized spacial score (nSPS) is 14.5. The summed E-state index contributed by atoms with van der Waals surface area (Å²) in [5, 5.41) is 13.3. The van der Waals surface area contributed by atoms with Crippen LogP contribution in [0.15, 0.2) is 79.1 Å². The fourth-order valence-corrected chi connectivity index (χ4v) is 5.03. The van der Waals surface area contributed by atoms with Gasteiger partial charge in [-0.05, 0) is 68.9 Å². The molecule has 6 rings (SSSR count). The van der Waals surface area contributed by atoms with Crippen molar-refractivity contribution in [2.45, 2.75) is 25.4 Å². The van der Waals surface area contributed by atoms with Gasteiger partial charge in [-0.3, -0.25) is 9.89 Å². The Morgan fingerprint density at radius 1 is 1.05 bits per heavy atom. The van der Waals surface area contributed by atoms with Crippen LogP contribution >= 0.6 is 0 Å². The molecule has 5 aromatic rings. The van der Waals surface area contributed by atoms with E-state index in [2.05, 4.69) is 54.5 Å². The Morgan fingerprint density at radius 3 is 2.67 bits per heavy atom. The van der Waals surface area contributed by atoms with Gasteiger partial charge in [-0.2, -0.15) is 5.10 Å². The molecule has 39 heavy (non-hydrogen) atoms. The van der Waals surface area contributed by atoms with Crippen molar-refractivity contribution >= 4 is 28.4 Å². The van der Waals surface area contributed by atoms with Crippen molar-refractivity contribution in [3.63, 3.8) is 0 Å². The van der Waals surface area contributed by atoms with Crippen molar-refractivity contribution in [1.82, 2.24) is 24.6 Å². The van der Waals surface area contributed by atoms with E-state index in [4.69, 9.17) is 0 Å². The average Bonchev–Trinajstić information content (AvgIpc) is 3.57. The number of nitrogens with one attached hydrogen (secondary N) is 3. The fraction of sp³-hybridized carbons (Fsp3) is 0.233. The summed E-state index contributed by atoms with van der Waals surface area (Å²) in [6.07, 6.45) is 3.84. The van der Waals surface area contributed by atoms with Crippen molar-refractivity contribution in [3.05, 3.63) is 96.1 Å². The topological polar surface area (TPSA) is 90.9 Å². The Balaban J connectivity index is 1.14. The zero-order valence-corrected chi connectivity index (χ0v) is 21.7. The van der Waals surface area contributed by atoms with Gasteiger partial charge in [0.2, 0.25) is 0 Å². The first-order chi connectivity index (χ1) is 19.0. The van der Waals surface area contributed by atoms with Crippen LogP contribution in [0.4, 0.5) is 15.9 Å². The van der Waals surface area contributed by atoms with Gasteiger partial charge in [0.05, 0.1) is 28.6 Å². The van der Waals surface area contributed by atoms with Crippen LogP contribution in [0.25, 0.3) is 22.3 Å². The highest BCUT2D eigenvalue weighted by Crippen LogP contribution is 2.26. The lowest BCUT2D eigenvalue weighted by Gasteiger charge is -2.30. The molecular weight excluding hydrogens is 493 g/mol. The number of carbonyl (C=O) groups excluding carboxylic acids is 1. The van der Waals surface area contributed by atoms with E-state index in [1.54, 1.807) is 12.1 Å². The molecule has 198 valence electrons. The van der Waals surface area contributed by atoms with Gasteiger partial charge in [-0.25, -0.2) is 9.37 Å². The van der Waals surface area contributed by atoms with E-state index < -0.39 is 11.7 Å². The van der Waals surface area contributed by atoms with Gasteiger partial charge in [0.25, 0.3) is 5.91 Å². The second kappa shape index (κ2) is 10.7. The molecule has 1 aliphatic heterocycles. The second-order valence-electron chi connectivity index (χ2n) is 10.1. The maximum Gasteiger partial charge on any atom is 0.259 e. The number of nitrogens with zero attached hydrogens (tertiary/aromatic N) is 4. The number of H-pyrrole nitrogens is 1. The number of piperidine rings is 1. The Kier molecular flexibility index (Phi) is 6.81. The number of aromatic amines is 1. The molecule has 1 saturated heterocycles. The third kappa shape index (κ3) is 5.53. The minimum absolute atomic E-state index is 0.0280. The predicted octanol–water partition coefficient (Wildman–Crippen LogP) is 5.37. The first-order valence-corrected chi connectivity index (χ1v) is 13.1. The number of amides is 1. The number of halogens is 1. The number of benzene rings is 3. The van der Waals surface area contributed by atoms with Crippen LogP contribution < -0.4 is 10.6 Å². The number of fused-ring (bicyclic) bond motifs is 1. The molecule has 3 heterocycles. The van der Waals surface area contributed by atoms with Crippen LogP contribution in [-0.4, -0.2) is 56.7 Å². The SMILES string of the molecule is CN1CCC(Nc2ccc(C(=O)Nc3cc(-c4ccc5ncn(Cc6ccccc6)c5c4)[nH]n3)c(F)c2)CC1. The highest BCUT2D eigenvalue weighted by atomic mass is 19.1. The van der Waals surface area contributed by atoms with Crippen LogP contribution in [0, 0.1) is 5.82 Å². The lowest BCUT2D eigenvalue weighted by Crippen LogP contribution is -2.36. The van der Waals surface area contributed by atoms with Gasteiger partial charge < -0.3 is 20.1 Å². The van der Waals surface area contributed by atoms with Gasteiger partial charge in [0.15, 0.2) is 5.82 Å². The van der Waals surface area contributed by atoms with E-state index in [0.29, 0.717) is 24.1 Å². The van der Waals surface area contributed by atoms with Gasteiger partial charge in [0.1, 0.15) is 5.82 Å². The molecule has 0 bridgehead atoms. The van der Waals surface area contributed by atoms with E-state index in [0.717, 1.165) is 48.2 Å². The molecule has 8 nitrogen and oxygen atoms in total. The summed E-state index contributed by atoms with van der Waals surface area (Å²) >= 11 is 0. The molecule has 1 amide bonds. The molecule has 0 radical (unpaired) electrons. The average molecular weight is 524 g/mol. The smallest absolute Gasteiger partial charge is 0.259 e. The zero-order valence-electron chi connectivity index (χ0n) is 21.7. The third-order valence-corrected chi connectivity index (χ3v) is 7.25. The first kappa shape index (κ1) is 24.8. The van der Waals surface area contributed by atoms with Gasteiger partial charge >= 0.3 is 0 Å². The number of anilines is 2. The predicted molar refractivity (Wildman–Crippen MR) is 151 cm³/mol. The molecule has 1 aliphatic rings. The number of likely N-dealkylation sites (tertiary alicyclic amines) is 1. The van der Waals surface area contributed by atoms with Gasteiger partial charge in [-0.15, -0.1) is 0 Å². The lowest BCUT2D eigenvalue weighted by molar-refractivity contribution is 0.102. The maximum absolute atomic E-state index is 14.9. The molecule has 0 saturated carbocycles. The maximum atomic E-state index is 14.9. The summed E-state index contributed by atoms with van der Waals surface area (Å²) in [6, 6.07) is 22.9. The number of hydrogen-bond donors (Lipinski definition) is 3. The van der Waals surface area contributed by atoms with Crippen LogP contribution in [-0.2, 0) is 6.54 Å². The van der Waals surface area contributed by atoms with E-state index in [9.17, 15) is 9.18 Å². The van der Waals surface area contributed by atoms with Crippen LogP contribution in [0.5, 0.6) is 0 Å². The van der Waals surface area contributed by atoms with Crippen LogP contribution in [0.1, 0.15) is 28.8 Å². The molecule has 0 unspecified atom stereocenters. The number of imidazole rings is 1. The minimum atomic E-state index is -0.571. The van der Waals surface area contributed by atoms with Crippen molar-refractivity contribution < 1.29 is 9.18 Å². The summed E-state index contributed by atoms with van der Waals surface area (Å²) in [5.41, 5.74) is 5.37. The van der Waals surface area contributed by atoms with Crippen molar-refractivity contribution in [1.29, 1.82) is 0 Å². The Bertz CT molecular complexity index is 1600. The molecule has 3 aromatic carbocycles. The summed E-state index contributed by atoms with van der Waals surface area (Å²) in [5.74, 6) is -0.799. The van der Waals surface area contributed by atoms with Gasteiger partial charge in [0, 0.05) is 29.9 Å². The number of aromatic nitrogens is 4. The van der Waals surface area contributed by atoms with Crippen molar-refractivity contribution in [3.8, 4) is 11.3 Å². The quantitative estimate of drug-likeness (QED) is 0.267. The molecule has 2 aromatic heterocycles. The minimum Gasteiger partial charge on any atom is -0.382 e. The fourth-order valence-electron chi connectivity index (χ4n) is 5.03. The monoisotopic (exact) mass is 523 g/mol. The molecule has 0 aliphatic carbocycles. The third-order valence-electron chi connectivity index (χ3n) is 7.25. The number of rotatable bonds is 7. The Hall–Kier alpha value is -4.50. The molecular formula is C30H30FN7O. The Morgan fingerprint density at radius 2 is 1.87 bits per heavy atom. The molecule has 9 heteroatoms. The molecule has 0 atom stereocenters. The van der Waals surface area contributed by atoms with E-state index >= 15 is 0 Å². The summed E-state index contributed by atoms with van der Waals surface area (Å²) in [7, 11) is 2.10. The highest BCUT2D eigenvalue weighted by Gasteiger charge is 2.19. The molecule has 0 spiro atoms. The van der Waals surface area contributed by atoms with Gasteiger partial charge in [-0.1, -0.05) is 36.4 Å². The van der Waals surface area contributed by atoms with E-state index in [1.165, 1.54) is 17.7 Å². The van der Waals surface area contributed by atoms with Crippen molar-refractivity contribution in [2.24, 2.45) is 0 Å². The zero-order chi connectivity index (χ0) is 26.8. The summed E-state index contributed by atoms with van der Waals surface area (Å²) in [4.78, 5) is 19.6. The number of carbonyl (C=O) groups is 1. The van der Waals surface area contributed by atoms with Crippen LogP contribution in [0.2, 0.25) is 0 Å². The van der Waals surface area contributed by atoms with E-state index in [1.807, 2.05) is 42.7 Å². The first-order valence-electron chi connectivity index (χ1n) is 13.1. The lowest BCUT2D eigenvalue weighted by atomic mass is 10.0. The van der Waals surface area contributed by atoms with E-state index in [-0.39, 0.29) is 5.56 Å². The van der Waals surface area contributed by atoms with Crippen molar-refractivity contribution in [2.75, 3.05) is 30.8 Å². The number of hydrogen-bond acceptors (Lipinski definition) is 5. The molecule has 3 N–H and O–H groups in total. The second-order valence-corrected chi connectivity index (χ2v) is 10.1. The highest BCUT2D eigenvalue weighted by molar-refractivity contribution is 6.04. The standard InChI is InChI=1S/C30H30FN7O/c1-37-13-11-22(12-14-37)33-23-8-9-24(25(31)16-23)30(39)34-29-17-27(35-36-29)21-7-10-26-28(15-21)38(19-32-26)18-20-5-3-2-4-6-20/h2-10,15-17,19,22,33H,11-14,18H2,1H3,(H2,34,35,36,39). The Labute approximate surface area is 225 Å². The largest absolute Gasteiger partial charge is 0.382 e. The summed E-state index contributed by atoms with van der Waals surface area (Å²) in [6.45, 7) is 2.73. The molecule has 1 fully saturated rings.